The third-order valence-electron chi connectivity index (χ3n) is 5.44. The summed E-state index contributed by atoms with van der Waals surface area (Å²) in [6.07, 6.45) is 5.52. The Hall–Kier alpha value is -0.910. The Kier molecular flexibility index (Phi) is 3.96. The molecule has 122 valence electrons. The minimum atomic E-state index is 0.243. The molecule has 0 amide bonds. The summed E-state index contributed by atoms with van der Waals surface area (Å²) >= 11 is 0. The van der Waals surface area contributed by atoms with Gasteiger partial charge >= 0.3 is 0 Å². The largest absolute Gasteiger partial charge is 0.375 e. The number of hydrogen-bond acceptors (Lipinski definition) is 5. The average molecular weight is 306 g/mol. The highest BCUT2D eigenvalue weighted by molar-refractivity contribution is 5.21. The van der Waals surface area contributed by atoms with Gasteiger partial charge in [-0.2, -0.15) is 0 Å². The summed E-state index contributed by atoms with van der Waals surface area (Å²) in [4.78, 5) is 2.54. The van der Waals surface area contributed by atoms with Crippen molar-refractivity contribution in [2.45, 2.75) is 64.3 Å². The number of nitrogens with zero attached hydrogens (tertiary/aromatic N) is 2. The molecule has 1 saturated heterocycles. The lowest BCUT2D eigenvalue weighted by atomic mass is 10.1. The van der Waals surface area contributed by atoms with Crippen molar-refractivity contribution in [1.29, 1.82) is 0 Å². The SMILES string of the molecule is Cc1noc(C)c1CN1CCO[C@H]2[C@H]1CC[C@H]2OCC1CC1. The van der Waals surface area contributed by atoms with Gasteiger partial charge in [0.25, 0.3) is 0 Å². The molecule has 0 unspecified atom stereocenters. The van der Waals surface area contributed by atoms with Crippen LogP contribution in [0.3, 0.4) is 0 Å². The van der Waals surface area contributed by atoms with Gasteiger partial charge in [0.2, 0.25) is 0 Å². The van der Waals surface area contributed by atoms with Gasteiger partial charge in [0, 0.05) is 31.3 Å². The van der Waals surface area contributed by atoms with Gasteiger partial charge in [-0.3, -0.25) is 4.90 Å². The highest BCUT2D eigenvalue weighted by atomic mass is 16.5. The van der Waals surface area contributed by atoms with Crippen LogP contribution in [-0.2, 0) is 16.0 Å². The summed E-state index contributed by atoms with van der Waals surface area (Å²) in [5.74, 6) is 1.76. The molecule has 2 heterocycles. The molecule has 4 rings (SSSR count). The second-order valence-electron chi connectivity index (χ2n) is 7.07. The van der Waals surface area contributed by atoms with Crippen molar-refractivity contribution in [3.63, 3.8) is 0 Å². The van der Waals surface area contributed by atoms with Crippen LogP contribution in [0.5, 0.6) is 0 Å². The second-order valence-corrected chi connectivity index (χ2v) is 7.07. The van der Waals surface area contributed by atoms with Crippen LogP contribution in [0.15, 0.2) is 4.52 Å². The van der Waals surface area contributed by atoms with Crippen LogP contribution in [0.1, 0.15) is 42.7 Å². The number of aryl methyl sites for hydroxylation is 2. The van der Waals surface area contributed by atoms with E-state index in [1.807, 2.05) is 13.8 Å². The zero-order chi connectivity index (χ0) is 15.1. The molecule has 0 aromatic carbocycles. The van der Waals surface area contributed by atoms with Gasteiger partial charge in [0.15, 0.2) is 0 Å². The maximum absolute atomic E-state index is 6.14. The topological polar surface area (TPSA) is 47.7 Å². The molecule has 2 saturated carbocycles. The summed E-state index contributed by atoms with van der Waals surface area (Å²) in [7, 11) is 0. The molecular formula is C17H26N2O3. The van der Waals surface area contributed by atoms with E-state index >= 15 is 0 Å². The molecule has 0 N–H and O–H groups in total. The van der Waals surface area contributed by atoms with E-state index in [0.717, 1.165) is 50.1 Å². The smallest absolute Gasteiger partial charge is 0.138 e. The zero-order valence-corrected chi connectivity index (χ0v) is 13.6. The van der Waals surface area contributed by atoms with Crippen LogP contribution in [0.2, 0.25) is 0 Å². The molecule has 0 spiro atoms. The lowest BCUT2D eigenvalue weighted by Gasteiger charge is -2.39. The minimum absolute atomic E-state index is 0.243. The van der Waals surface area contributed by atoms with Crippen LogP contribution in [0.25, 0.3) is 0 Å². The summed E-state index contributed by atoms with van der Waals surface area (Å²) < 4.78 is 17.5. The van der Waals surface area contributed by atoms with E-state index in [4.69, 9.17) is 14.0 Å². The van der Waals surface area contributed by atoms with Crippen LogP contribution >= 0.6 is 0 Å². The Morgan fingerprint density at radius 3 is 2.82 bits per heavy atom. The predicted molar refractivity (Wildman–Crippen MR) is 81.6 cm³/mol. The van der Waals surface area contributed by atoms with E-state index in [9.17, 15) is 0 Å². The second kappa shape index (κ2) is 5.95. The molecule has 3 atom stereocenters. The van der Waals surface area contributed by atoms with Gasteiger partial charge in [-0.05, 0) is 45.4 Å². The highest BCUT2D eigenvalue weighted by Gasteiger charge is 2.44. The van der Waals surface area contributed by atoms with Crippen molar-refractivity contribution in [3.05, 3.63) is 17.0 Å². The summed E-state index contributed by atoms with van der Waals surface area (Å²) in [6.45, 7) is 7.67. The Bertz CT molecular complexity index is 506. The van der Waals surface area contributed by atoms with Crippen LogP contribution in [-0.4, -0.2) is 48.1 Å². The fourth-order valence-electron chi connectivity index (χ4n) is 3.84. The first kappa shape index (κ1) is 14.7. The Morgan fingerprint density at radius 1 is 1.23 bits per heavy atom. The van der Waals surface area contributed by atoms with Crippen LogP contribution in [0.4, 0.5) is 0 Å². The van der Waals surface area contributed by atoms with E-state index in [1.165, 1.54) is 24.8 Å². The molecule has 0 bridgehead atoms. The third kappa shape index (κ3) is 2.82. The van der Waals surface area contributed by atoms with Crippen molar-refractivity contribution >= 4 is 0 Å². The molecule has 2 aliphatic carbocycles. The monoisotopic (exact) mass is 306 g/mol. The van der Waals surface area contributed by atoms with Crippen molar-refractivity contribution in [3.8, 4) is 0 Å². The Morgan fingerprint density at radius 2 is 2.09 bits per heavy atom. The van der Waals surface area contributed by atoms with Crippen molar-refractivity contribution in [1.82, 2.24) is 10.1 Å². The molecule has 3 fully saturated rings. The number of rotatable bonds is 5. The van der Waals surface area contributed by atoms with Crippen LogP contribution in [0, 0.1) is 19.8 Å². The first-order valence-electron chi connectivity index (χ1n) is 8.61. The quantitative estimate of drug-likeness (QED) is 0.836. The van der Waals surface area contributed by atoms with Gasteiger partial charge in [-0.1, -0.05) is 5.16 Å². The van der Waals surface area contributed by atoms with E-state index in [1.54, 1.807) is 0 Å². The van der Waals surface area contributed by atoms with Gasteiger partial charge in [0.1, 0.15) is 5.76 Å². The molecule has 1 aromatic heterocycles. The highest BCUT2D eigenvalue weighted by Crippen LogP contribution is 2.36. The van der Waals surface area contributed by atoms with Crippen molar-refractivity contribution < 1.29 is 14.0 Å². The summed E-state index contributed by atoms with van der Waals surface area (Å²) in [5, 5.41) is 4.08. The summed E-state index contributed by atoms with van der Waals surface area (Å²) in [5.41, 5.74) is 2.25. The number of aromatic nitrogens is 1. The molecule has 1 aliphatic heterocycles. The molecule has 5 heteroatoms. The van der Waals surface area contributed by atoms with Gasteiger partial charge in [-0.25, -0.2) is 0 Å². The van der Waals surface area contributed by atoms with Gasteiger partial charge in [-0.15, -0.1) is 0 Å². The van der Waals surface area contributed by atoms with E-state index in [0.29, 0.717) is 6.04 Å². The zero-order valence-electron chi connectivity index (χ0n) is 13.6. The molecule has 5 nitrogen and oxygen atoms in total. The first-order valence-corrected chi connectivity index (χ1v) is 8.61. The predicted octanol–water partition coefficient (Wildman–Crippen LogP) is 2.45. The fourth-order valence-corrected chi connectivity index (χ4v) is 3.84. The normalized spacial score (nSPS) is 32.4. The lowest BCUT2D eigenvalue weighted by Crippen LogP contribution is -2.51. The average Bonchev–Trinajstić information content (AvgIpc) is 3.18. The number of ether oxygens (including phenoxy) is 2. The van der Waals surface area contributed by atoms with Crippen molar-refractivity contribution in [2.75, 3.05) is 19.8 Å². The third-order valence-corrected chi connectivity index (χ3v) is 5.44. The van der Waals surface area contributed by atoms with E-state index < -0.39 is 0 Å². The Balaban J connectivity index is 1.41. The lowest BCUT2D eigenvalue weighted by molar-refractivity contribution is -0.116. The van der Waals surface area contributed by atoms with Gasteiger partial charge in [0.05, 0.1) is 24.5 Å². The maximum Gasteiger partial charge on any atom is 0.138 e. The van der Waals surface area contributed by atoms with E-state index in [-0.39, 0.29) is 12.2 Å². The first-order chi connectivity index (χ1) is 10.7. The minimum Gasteiger partial charge on any atom is -0.375 e. The number of hydrogen-bond donors (Lipinski definition) is 0. The fraction of sp³-hybridized carbons (Fsp3) is 0.824. The number of fused-ring (bicyclic) bond motifs is 1. The molecule has 3 aliphatic rings. The maximum atomic E-state index is 6.14. The summed E-state index contributed by atoms with van der Waals surface area (Å²) in [6, 6.07) is 0.478. The van der Waals surface area contributed by atoms with E-state index in [2.05, 4.69) is 10.1 Å². The van der Waals surface area contributed by atoms with Crippen molar-refractivity contribution in [2.24, 2.45) is 5.92 Å². The standard InChI is InChI=1S/C17H26N2O3/c1-11-14(12(2)22-18-11)9-19-7-8-20-17-15(19)5-6-16(17)21-10-13-3-4-13/h13,15-17H,3-10H2,1-2H3/t15-,16-,17+/m1/s1. The molecule has 1 aromatic rings. The van der Waals surface area contributed by atoms with Crippen LogP contribution < -0.4 is 0 Å². The molecule has 22 heavy (non-hydrogen) atoms. The Labute approximate surface area is 131 Å². The van der Waals surface area contributed by atoms with Gasteiger partial charge < -0.3 is 14.0 Å². The molecular weight excluding hydrogens is 280 g/mol. The molecule has 0 radical (unpaired) electrons. The number of morpholine rings is 1.